The van der Waals surface area contributed by atoms with Crippen molar-refractivity contribution in [2.45, 2.75) is 6.92 Å². The molecule has 1 saturated heterocycles. The highest BCUT2D eigenvalue weighted by Crippen LogP contribution is 2.10. The van der Waals surface area contributed by atoms with Crippen LogP contribution in [0.15, 0.2) is 30.3 Å². The van der Waals surface area contributed by atoms with Gasteiger partial charge in [-0.1, -0.05) is 25.1 Å². The van der Waals surface area contributed by atoms with Crippen LogP contribution in [0.3, 0.4) is 0 Å². The molecule has 1 aromatic rings. The fourth-order valence-corrected chi connectivity index (χ4v) is 2.76. The second-order valence-electron chi connectivity index (χ2n) is 6.32. The van der Waals surface area contributed by atoms with E-state index in [1.54, 1.807) is 11.8 Å². The van der Waals surface area contributed by atoms with Crippen LogP contribution in [0.25, 0.3) is 0 Å². The summed E-state index contributed by atoms with van der Waals surface area (Å²) in [4.78, 5) is 28.3. The molecule has 0 spiro atoms. The van der Waals surface area contributed by atoms with Crippen LogP contribution in [0, 0.1) is 5.92 Å². The number of morpholine rings is 1. The largest absolute Gasteiger partial charge is 0.484 e. The molecule has 1 aliphatic rings. The first-order valence-corrected chi connectivity index (χ1v) is 8.93. The van der Waals surface area contributed by atoms with Gasteiger partial charge < -0.3 is 19.1 Å². The predicted octanol–water partition coefficient (Wildman–Crippen LogP) is 1.04. The Morgan fingerprint density at radius 3 is 2.58 bits per heavy atom. The number of benzene rings is 1. The predicted molar refractivity (Wildman–Crippen MR) is 97.0 cm³/mol. The Labute approximate surface area is 154 Å². The highest BCUT2D eigenvalue weighted by atomic mass is 16.5. The molecule has 7 heteroatoms. The number of para-hydroxylation sites is 1. The third kappa shape index (κ3) is 6.65. The summed E-state index contributed by atoms with van der Waals surface area (Å²) in [6.45, 7) is 6.44. The van der Waals surface area contributed by atoms with E-state index in [4.69, 9.17) is 14.2 Å². The van der Waals surface area contributed by atoms with Crippen molar-refractivity contribution in [2.24, 2.45) is 5.92 Å². The minimum atomic E-state index is -0.384. The first-order chi connectivity index (χ1) is 12.6. The first kappa shape index (κ1) is 20.2. The normalized spacial score (nSPS) is 15.9. The van der Waals surface area contributed by atoms with Crippen LogP contribution in [-0.4, -0.2) is 81.3 Å². The highest BCUT2D eigenvalue weighted by Gasteiger charge is 2.23. The highest BCUT2D eigenvalue weighted by molar-refractivity contribution is 5.79. The van der Waals surface area contributed by atoms with Crippen molar-refractivity contribution in [1.29, 1.82) is 0 Å². The zero-order valence-corrected chi connectivity index (χ0v) is 15.6. The Morgan fingerprint density at radius 1 is 1.23 bits per heavy atom. The van der Waals surface area contributed by atoms with Crippen molar-refractivity contribution in [1.82, 2.24) is 9.80 Å². The zero-order chi connectivity index (χ0) is 18.8. The van der Waals surface area contributed by atoms with E-state index in [0.717, 1.165) is 19.6 Å². The second-order valence-corrected chi connectivity index (χ2v) is 6.32. The number of esters is 1. The quantitative estimate of drug-likeness (QED) is 0.610. The van der Waals surface area contributed by atoms with Crippen molar-refractivity contribution in [3.63, 3.8) is 0 Å². The van der Waals surface area contributed by atoms with E-state index >= 15 is 0 Å². The number of amides is 1. The topological polar surface area (TPSA) is 68.3 Å². The fourth-order valence-electron chi connectivity index (χ4n) is 2.76. The van der Waals surface area contributed by atoms with Crippen molar-refractivity contribution >= 4 is 11.9 Å². The van der Waals surface area contributed by atoms with Crippen LogP contribution < -0.4 is 4.74 Å². The lowest BCUT2D eigenvalue weighted by atomic mass is 10.1. The number of ether oxygens (including phenoxy) is 3. The maximum absolute atomic E-state index is 12.6. The summed E-state index contributed by atoms with van der Waals surface area (Å²) in [6.07, 6.45) is 0. The van der Waals surface area contributed by atoms with Crippen molar-refractivity contribution < 1.29 is 23.8 Å². The average Bonchev–Trinajstić information content (AvgIpc) is 2.70. The van der Waals surface area contributed by atoms with E-state index in [9.17, 15) is 9.59 Å². The molecule has 1 fully saturated rings. The van der Waals surface area contributed by atoms with E-state index in [1.807, 2.05) is 30.3 Å². The maximum Gasteiger partial charge on any atom is 0.310 e. The minimum Gasteiger partial charge on any atom is -0.484 e. The molecule has 1 atom stereocenters. The molecule has 0 aliphatic carbocycles. The Hall–Kier alpha value is -2.12. The second kappa shape index (κ2) is 10.8. The number of hydrogen-bond acceptors (Lipinski definition) is 6. The van der Waals surface area contributed by atoms with Crippen LogP contribution in [0.1, 0.15) is 6.92 Å². The molecule has 0 bridgehead atoms. The van der Waals surface area contributed by atoms with E-state index in [0.29, 0.717) is 32.1 Å². The summed E-state index contributed by atoms with van der Waals surface area (Å²) in [6, 6.07) is 9.22. The molecule has 144 valence electrons. The van der Waals surface area contributed by atoms with Gasteiger partial charge in [-0.3, -0.25) is 14.5 Å². The molecule has 0 aromatic heterocycles. The number of nitrogens with zero attached hydrogens (tertiary/aromatic N) is 2. The third-order valence-electron chi connectivity index (χ3n) is 4.35. The first-order valence-electron chi connectivity index (χ1n) is 8.93. The van der Waals surface area contributed by atoms with E-state index in [1.165, 1.54) is 7.11 Å². The average molecular weight is 364 g/mol. The Morgan fingerprint density at radius 2 is 1.92 bits per heavy atom. The molecule has 1 amide bonds. The van der Waals surface area contributed by atoms with Crippen molar-refractivity contribution in [3.8, 4) is 5.75 Å². The molecular formula is C19H28N2O5. The van der Waals surface area contributed by atoms with Gasteiger partial charge in [-0.25, -0.2) is 0 Å². The molecule has 1 aliphatic heterocycles. The van der Waals surface area contributed by atoms with Gasteiger partial charge >= 0.3 is 5.97 Å². The van der Waals surface area contributed by atoms with Gasteiger partial charge in [-0.05, 0) is 12.1 Å². The molecule has 2 rings (SSSR count). The number of methoxy groups -OCH3 is 1. The summed E-state index contributed by atoms with van der Waals surface area (Å²) in [5.41, 5.74) is 0. The molecule has 0 N–H and O–H groups in total. The molecule has 1 aromatic carbocycles. The number of carbonyl (C=O) groups is 2. The van der Waals surface area contributed by atoms with Crippen LogP contribution in [-0.2, 0) is 19.1 Å². The van der Waals surface area contributed by atoms with Gasteiger partial charge in [0, 0.05) is 32.7 Å². The molecular weight excluding hydrogens is 336 g/mol. The zero-order valence-electron chi connectivity index (χ0n) is 15.6. The van der Waals surface area contributed by atoms with E-state index in [-0.39, 0.29) is 24.4 Å². The van der Waals surface area contributed by atoms with Crippen LogP contribution >= 0.6 is 0 Å². The van der Waals surface area contributed by atoms with Crippen LogP contribution in [0.4, 0.5) is 0 Å². The lowest BCUT2D eigenvalue weighted by Crippen LogP contribution is -2.46. The van der Waals surface area contributed by atoms with Gasteiger partial charge in [0.05, 0.1) is 26.2 Å². The summed E-state index contributed by atoms with van der Waals surface area (Å²) in [5, 5.41) is 0. The molecule has 26 heavy (non-hydrogen) atoms. The summed E-state index contributed by atoms with van der Waals surface area (Å²) in [5.74, 6) is -0.198. The fraction of sp³-hybridized carbons (Fsp3) is 0.579. The monoisotopic (exact) mass is 364 g/mol. The smallest absolute Gasteiger partial charge is 0.310 e. The molecule has 1 heterocycles. The Balaban J connectivity index is 1.91. The van der Waals surface area contributed by atoms with E-state index in [2.05, 4.69) is 4.90 Å². The van der Waals surface area contributed by atoms with Crippen LogP contribution in [0.2, 0.25) is 0 Å². The van der Waals surface area contributed by atoms with Crippen molar-refractivity contribution in [3.05, 3.63) is 30.3 Å². The molecule has 1 unspecified atom stereocenters. The van der Waals surface area contributed by atoms with Crippen LogP contribution in [0.5, 0.6) is 5.75 Å². The third-order valence-corrected chi connectivity index (χ3v) is 4.35. The van der Waals surface area contributed by atoms with Crippen molar-refractivity contribution in [2.75, 3.05) is 59.7 Å². The van der Waals surface area contributed by atoms with E-state index < -0.39 is 0 Å². The summed E-state index contributed by atoms with van der Waals surface area (Å²) >= 11 is 0. The van der Waals surface area contributed by atoms with Gasteiger partial charge in [0.15, 0.2) is 6.61 Å². The number of hydrogen-bond donors (Lipinski definition) is 0. The Bertz CT molecular complexity index is 560. The van der Waals surface area contributed by atoms with Gasteiger partial charge in [0.1, 0.15) is 5.75 Å². The molecule has 7 nitrogen and oxygen atoms in total. The SMILES string of the molecule is COC(=O)C(C)CN(CCN1CCOCC1)C(=O)COc1ccccc1. The van der Waals surface area contributed by atoms with Gasteiger partial charge in [0.25, 0.3) is 5.91 Å². The Kier molecular flexibility index (Phi) is 8.37. The number of rotatable bonds is 9. The molecule has 0 radical (unpaired) electrons. The standard InChI is InChI=1S/C19H28N2O5/c1-16(19(23)24-2)14-21(9-8-20-10-12-25-13-11-20)18(22)15-26-17-6-4-3-5-7-17/h3-7,16H,8-15H2,1-2H3. The molecule has 0 saturated carbocycles. The number of carbonyl (C=O) groups excluding carboxylic acids is 2. The lowest BCUT2D eigenvalue weighted by molar-refractivity contribution is -0.146. The van der Waals surface area contributed by atoms with Gasteiger partial charge in [-0.15, -0.1) is 0 Å². The maximum atomic E-state index is 12.6. The van der Waals surface area contributed by atoms with Gasteiger partial charge in [0.2, 0.25) is 0 Å². The summed E-state index contributed by atoms with van der Waals surface area (Å²) < 4.78 is 15.7. The minimum absolute atomic E-state index is 0.0545. The lowest BCUT2D eigenvalue weighted by Gasteiger charge is -2.31. The van der Waals surface area contributed by atoms with Gasteiger partial charge in [-0.2, -0.15) is 0 Å². The summed E-state index contributed by atoms with van der Waals surface area (Å²) in [7, 11) is 1.36.